The summed E-state index contributed by atoms with van der Waals surface area (Å²) in [5.74, 6) is -0.0970. The van der Waals surface area contributed by atoms with E-state index >= 15 is 0 Å². The molecule has 2 aromatic carbocycles. The molecule has 0 bridgehead atoms. The average molecular weight is 377 g/mol. The van der Waals surface area contributed by atoms with Crippen LogP contribution in [0.15, 0.2) is 52.3 Å². The molecule has 132 valence electrons. The number of aryl methyl sites for hydroxylation is 1. The van der Waals surface area contributed by atoms with E-state index in [2.05, 4.69) is 5.32 Å². The first kappa shape index (κ1) is 17.8. The second-order valence-corrected chi connectivity index (χ2v) is 9.60. The van der Waals surface area contributed by atoms with Gasteiger partial charge < -0.3 is 5.32 Å². The fourth-order valence-corrected chi connectivity index (χ4v) is 4.92. The van der Waals surface area contributed by atoms with Crippen molar-refractivity contribution in [2.75, 3.05) is 16.7 Å². The van der Waals surface area contributed by atoms with Gasteiger partial charge in [0.05, 0.1) is 16.3 Å². The molecule has 2 aromatic rings. The van der Waals surface area contributed by atoms with Crippen LogP contribution in [0, 0.1) is 6.92 Å². The lowest BCUT2D eigenvalue weighted by molar-refractivity contribution is -0.116. The van der Waals surface area contributed by atoms with E-state index in [1.54, 1.807) is 36.0 Å². The number of thioether (sulfide) groups is 1. The maximum Gasteiger partial charge on any atom is 0.264 e. The molecule has 1 unspecified atom stereocenters. The van der Waals surface area contributed by atoms with Crippen molar-refractivity contribution in [1.82, 2.24) is 0 Å². The normalized spacial score (nSPS) is 17.4. The summed E-state index contributed by atoms with van der Waals surface area (Å²) in [6, 6.07) is 12.2. The van der Waals surface area contributed by atoms with Gasteiger partial charge in [0, 0.05) is 23.6 Å². The van der Waals surface area contributed by atoms with E-state index in [0.29, 0.717) is 17.8 Å². The Hall–Kier alpha value is -1.99. The van der Waals surface area contributed by atoms with Crippen LogP contribution in [0.5, 0.6) is 0 Å². The van der Waals surface area contributed by atoms with Crippen molar-refractivity contribution in [1.29, 1.82) is 0 Å². The largest absolute Gasteiger partial charge is 0.325 e. The molecule has 0 saturated heterocycles. The first-order valence-electron chi connectivity index (χ1n) is 7.93. The highest BCUT2D eigenvalue weighted by Crippen LogP contribution is 2.37. The number of nitrogens with one attached hydrogen (secondary N) is 1. The number of amides is 1. The molecule has 25 heavy (non-hydrogen) atoms. The highest BCUT2D eigenvalue weighted by Gasteiger charge is 2.25. The van der Waals surface area contributed by atoms with Crippen LogP contribution in [0.4, 0.5) is 11.4 Å². The summed E-state index contributed by atoms with van der Waals surface area (Å²) in [7, 11) is -2.18. The van der Waals surface area contributed by atoms with E-state index in [1.165, 1.54) is 17.4 Å². The van der Waals surface area contributed by atoms with Gasteiger partial charge in [-0.05, 0) is 37.3 Å². The number of benzene rings is 2. The summed E-state index contributed by atoms with van der Waals surface area (Å²) < 4.78 is 27.1. The van der Waals surface area contributed by atoms with Gasteiger partial charge in [-0.3, -0.25) is 9.10 Å². The van der Waals surface area contributed by atoms with Crippen LogP contribution in [0.25, 0.3) is 0 Å². The Morgan fingerprint density at radius 1 is 1.16 bits per heavy atom. The van der Waals surface area contributed by atoms with Crippen molar-refractivity contribution in [2.45, 2.75) is 35.3 Å². The highest BCUT2D eigenvalue weighted by molar-refractivity contribution is 8.00. The molecule has 0 spiro atoms. The maximum absolute atomic E-state index is 12.9. The van der Waals surface area contributed by atoms with Crippen molar-refractivity contribution in [2.24, 2.45) is 0 Å². The van der Waals surface area contributed by atoms with Gasteiger partial charge in [0.25, 0.3) is 10.0 Å². The van der Waals surface area contributed by atoms with E-state index in [0.717, 1.165) is 10.5 Å². The lowest BCUT2D eigenvalue weighted by atomic mass is 10.2. The topological polar surface area (TPSA) is 66.5 Å². The fourth-order valence-electron chi connectivity index (χ4n) is 2.64. The van der Waals surface area contributed by atoms with Crippen LogP contribution in [0.2, 0.25) is 0 Å². The maximum atomic E-state index is 12.9. The zero-order chi connectivity index (χ0) is 18.2. The van der Waals surface area contributed by atoms with Crippen LogP contribution in [-0.2, 0) is 14.8 Å². The third-order valence-corrected chi connectivity index (χ3v) is 7.04. The zero-order valence-corrected chi connectivity index (χ0v) is 15.9. The van der Waals surface area contributed by atoms with Crippen molar-refractivity contribution in [3.63, 3.8) is 0 Å². The Morgan fingerprint density at radius 2 is 1.84 bits per heavy atom. The summed E-state index contributed by atoms with van der Waals surface area (Å²) in [5.41, 5.74) is 2.21. The van der Waals surface area contributed by atoms with Crippen molar-refractivity contribution in [3.8, 4) is 0 Å². The lowest BCUT2D eigenvalue weighted by Crippen LogP contribution is -2.26. The van der Waals surface area contributed by atoms with Gasteiger partial charge in [-0.15, -0.1) is 11.8 Å². The molecule has 5 nitrogen and oxygen atoms in total. The summed E-state index contributed by atoms with van der Waals surface area (Å²) in [4.78, 5) is 13.0. The van der Waals surface area contributed by atoms with Crippen LogP contribution >= 0.6 is 11.8 Å². The lowest BCUT2D eigenvalue weighted by Gasteiger charge is -2.20. The third kappa shape index (κ3) is 3.67. The Morgan fingerprint density at radius 3 is 2.52 bits per heavy atom. The minimum atomic E-state index is -3.71. The number of rotatable bonds is 3. The number of hydrogen-bond acceptors (Lipinski definition) is 4. The Labute approximate surface area is 152 Å². The molecule has 0 aliphatic carbocycles. The van der Waals surface area contributed by atoms with Gasteiger partial charge in [0.1, 0.15) is 0 Å². The summed E-state index contributed by atoms with van der Waals surface area (Å²) in [5, 5.41) is 2.96. The van der Waals surface area contributed by atoms with Crippen molar-refractivity contribution < 1.29 is 13.2 Å². The molecule has 1 heterocycles. The molecule has 1 aliphatic heterocycles. The van der Waals surface area contributed by atoms with E-state index in [-0.39, 0.29) is 16.1 Å². The molecule has 3 rings (SSSR count). The molecule has 0 radical (unpaired) electrons. The Kier molecular flexibility index (Phi) is 4.79. The third-order valence-electron chi connectivity index (χ3n) is 4.08. The van der Waals surface area contributed by atoms with Crippen LogP contribution in [0.1, 0.15) is 18.9 Å². The van der Waals surface area contributed by atoms with E-state index in [1.807, 2.05) is 26.0 Å². The van der Waals surface area contributed by atoms with E-state index in [9.17, 15) is 13.2 Å². The summed E-state index contributed by atoms with van der Waals surface area (Å²) in [6.07, 6.45) is 0.407. The number of carbonyl (C=O) groups excluding carboxylic acids is 1. The Balaban J connectivity index is 1.98. The first-order chi connectivity index (χ1) is 11.8. The van der Waals surface area contributed by atoms with E-state index in [4.69, 9.17) is 0 Å². The van der Waals surface area contributed by atoms with Crippen LogP contribution in [-0.4, -0.2) is 26.6 Å². The molecule has 0 fully saturated rings. The molecule has 1 N–H and O–H groups in total. The van der Waals surface area contributed by atoms with Gasteiger partial charge in [-0.25, -0.2) is 8.42 Å². The smallest absolute Gasteiger partial charge is 0.264 e. The minimum absolute atomic E-state index is 0.0970. The van der Waals surface area contributed by atoms with E-state index < -0.39 is 10.0 Å². The zero-order valence-electron chi connectivity index (χ0n) is 14.3. The molecular formula is C18H20N2O3S2. The molecule has 0 saturated carbocycles. The molecule has 0 aromatic heterocycles. The van der Waals surface area contributed by atoms with Crippen LogP contribution in [0.3, 0.4) is 0 Å². The molecule has 1 amide bonds. The number of sulfonamides is 1. The second-order valence-electron chi connectivity index (χ2n) is 6.15. The number of carbonyl (C=O) groups is 1. The predicted molar refractivity (Wildman–Crippen MR) is 102 cm³/mol. The molecule has 1 atom stereocenters. The van der Waals surface area contributed by atoms with Gasteiger partial charge >= 0.3 is 0 Å². The number of anilines is 2. The van der Waals surface area contributed by atoms with Crippen molar-refractivity contribution >= 4 is 39.1 Å². The van der Waals surface area contributed by atoms with Gasteiger partial charge in [-0.1, -0.05) is 24.6 Å². The van der Waals surface area contributed by atoms with Gasteiger partial charge in [-0.2, -0.15) is 0 Å². The second kappa shape index (κ2) is 6.72. The average Bonchev–Trinajstić information content (AvgIpc) is 2.70. The monoisotopic (exact) mass is 376 g/mol. The number of fused-ring (bicyclic) bond motifs is 1. The van der Waals surface area contributed by atoms with Gasteiger partial charge in [0.15, 0.2) is 0 Å². The highest BCUT2D eigenvalue weighted by atomic mass is 32.2. The summed E-state index contributed by atoms with van der Waals surface area (Å²) >= 11 is 1.57. The fraction of sp³-hybridized carbons (Fsp3) is 0.278. The predicted octanol–water partition coefficient (Wildman–Crippen LogP) is 3.64. The SMILES string of the molecule is Cc1ccc(N(C)S(=O)(=O)c2ccc3c(c2)NC(=O)CC(C)S3)cc1. The Bertz CT molecular complexity index is 908. The first-order valence-corrected chi connectivity index (χ1v) is 10.3. The minimum Gasteiger partial charge on any atom is -0.325 e. The molecular weight excluding hydrogens is 356 g/mol. The van der Waals surface area contributed by atoms with Crippen LogP contribution < -0.4 is 9.62 Å². The number of hydrogen-bond donors (Lipinski definition) is 1. The quantitative estimate of drug-likeness (QED) is 0.888. The standard InChI is InChI=1S/C18H20N2O3S2/c1-12-4-6-14(7-5-12)20(3)25(22,23)15-8-9-17-16(11-15)19-18(21)10-13(2)24-17/h4-9,11,13H,10H2,1-3H3,(H,19,21). The van der Waals surface area contributed by atoms with Crippen molar-refractivity contribution in [3.05, 3.63) is 48.0 Å². The molecule has 7 heteroatoms. The van der Waals surface area contributed by atoms with Gasteiger partial charge in [0.2, 0.25) is 5.91 Å². The summed E-state index contributed by atoms with van der Waals surface area (Å²) in [6.45, 7) is 3.93. The molecule has 1 aliphatic rings. The number of nitrogens with zero attached hydrogens (tertiary/aromatic N) is 1.